The zero-order valence-corrected chi connectivity index (χ0v) is 35.5. The van der Waals surface area contributed by atoms with Gasteiger partial charge in [0.1, 0.15) is 11.5 Å². The molecule has 2 aliphatic rings. The van der Waals surface area contributed by atoms with Gasteiger partial charge >= 0.3 is 0 Å². The van der Waals surface area contributed by atoms with E-state index in [0.29, 0.717) is 24.6 Å². The largest absolute Gasteiger partial charge is 0.495 e. The molecule has 0 aromatic heterocycles. The Hall–Kier alpha value is -3.60. The van der Waals surface area contributed by atoms with Gasteiger partial charge < -0.3 is 9.47 Å². The third-order valence-corrected chi connectivity index (χ3v) is 10.1. The molecular formula is C33H49Cl2N9O6S3. The first kappa shape index (κ1) is 47.4. The Morgan fingerprint density at radius 1 is 0.906 bits per heavy atom. The minimum Gasteiger partial charge on any atom is -0.495 e. The third kappa shape index (κ3) is 15.7. The number of nitrogens with one attached hydrogen (secondary N) is 1. The van der Waals surface area contributed by atoms with E-state index >= 15 is 0 Å². The molecule has 0 atom stereocenters. The average molecular weight is 835 g/mol. The molecule has 0 amide bonds. The summed E-state index contributed by atoms with van der Waals surface area (Å²) in [6.07, 6.45) is 5.81. The van der Waals surface area contributed by atoms with Crippen molar-refractivity contribution < 1.29 is 26.3 Å². The van der Waals surface area contributed by atoms with Gasteiger partial charge in [-0.25, -0.2) is 36.7 Å². The number of benzene rings is 2. The van der Waals surface area contributed by atoms with Crippen LogP contribution in [0.2, 0.25) is 10.0 Å². The van der Waals surface area contributed by atoms with Crippen molar-refractivity contribution in [2.75, 3.05) is 46.7 Å². The molecule has 0 radical (unpaired) electrons. The molecule has 0 aliphatic carbocycles. The molecule has 0 saturated carbocycles. The monoisotopic (exact) mass is 833 g/mol. The molecular weight excluding hydrogens is 786 g/mol. The third-order valence-electron chi connectivity index (χ3n) is 6.57. The van der Waals surface area contributed by atoms with Crippen LogP contribution in [0.3, 0.4) is 0 Å². The highest BCUT2D eigenvalue weighted by Gasteiger charge is 2.30. The van der Waals surface area contributed by atoms with Gasteiger partial charge in [-0.1, -0.05) is 62.7 Å². The number of ether oxygens (including phenoxy) is 2. The highest BCUT2D eigenvalue weighted by atomic mass is 35.5. The Labute approximate surface area is 328 Å². The lowest BCUT2D eigenvalue weighted by molar-refractivity contribution is 0.379. The predicted octanol–water partition coefficient (Wildman–Crippen LogP) is 5.91. The lowest BCUT2D eigenvalue weighted by Crippen LogP contribution is -2.42. The van der Waals surface area contributed by atoms with E-state index < -0.39 is 20.0 Å². The topological polar surface area (TPSA) is 204 Å². The Balaban J connectivity index is 0.000000411. The first-order valence-corrected chi connectivity index (χ1v) is 21.0. The highest BCUT2D eigenvalue weighted by Crippen LogP contribution is 2.28. The Bertz CT molecular complexity index is 1910. The van der Waals surface area contributed by atoms with E-state index in [2.05, 4.69) is 38.8 Å². The minimum atomic E-state index is -3.84. The van der Waals surface area contributed by atoms with E-state index in [0.717, 1.165) is 18.3 Å². The molecule has 15 nitrogen and oxygen atoms in total. The number of hydrazone groups is 2. The number of guanidine groups is 1. The van der Waals surface area contributed by atoms with E-state index in [9.17, 15) is 16.8 Å². The lowest BCUT2D eigenvalue weighted by Gasteiger charge is -2.21. The van der Waals surface area contributed by atoms with E-state index in [-0.39, 0.29) is 36.6 Å². The van der Waals surface area contributed by atoms with E-state index in [4.69, 9.17) is 43.1 Å². The summed E-state index contributed by atoms with van der Waals surface area (Å²) < 4.78 is 59.3. The van der Waals surface area contributed by atoms with Gasteiger partial charge in [-0.15, -0.1) is 0 Å². The number of thioether (sulfide) groups is 1. The summed E-state index contributed by atoms with van der Waals surface area (Å²) in [5, 5.41) is 25.8. The van der Waals surface area contributed by atoms with Gasteiger partial charge in [0, 0.05) is 43.3 Å². The summed E-state index contributed by atoms with van der Waals surface area (Å²) in [6.45, 7) is 16.4. The lowest BCUT2D eigenvalue weighted by atomic mass is 9.97. The molecule has 2 aromatic rings. The smallest absolute Gasteiger partial charge is 0.264 e. The second-order valence-electron chi connectivity index (χ2n) is 12.3. The van der Waals surface area contributed by atoms with Gasteiger partial charge in [-0.05, 0) is 56.5 Å². The molecule has 0 saturated heterocycles. The van der Waals surface area contributed by atoms with Crippen molar-refractivity contribution in [1.82, 2.24) is 14.7 Å². The van der Waals surface area contributed by atoms with Crippen LogP contribution in [-0.4, -0.2) is 97.1 Å². The molecule has 294 valence electrons. The van der Waals surface area contributed by atoms with Crippen LogP contribution in [0.5, 0.6) is 11.5 Å². The van der Waals surface area contributed by atoms with Crippen molar-refractivity contribution in [3.63, 3.8) is 0 Å². The van der Waals surface area contributed by atoms with Crippen molar-refractivity contribution in [3.8, 4) is 17.6 Å². The van der Waals surface area contributed by atoms with Crippen molar-refractivity contribution in [1.29, 1.82) is 5.26 Å². The van der Waals surface area contributed by atoms with E-state index in [1.807, 2.05) is 45.2 Å². The van der Waals surface area contributed by atoms with Crippen molar-refractivity contribution in [2.24, 2.45) is 36.2 Å². The molecule has 0 bridgehead atoms. The van der Waals surface area contributed by atoms with Crippen molar-refractivity contribution in [2.45, 2.75) is 58.3 Å². The van der Waals surface area contributed by atoms with Crippen LogP contribution in [0.25, 0.3) is 0 Å². The summed E-state index contributed by atoms with van der Waals surface area (Å²) in [4.78, 5) is 8.60. The number of nitriles is 1. The fourth-order valence-corrected chi connectivity index (χ4v) is 6.97. The standard InChI is InChI=1S/C15H21ClN4O3S.C9H17N3S.C7H8ClNO3S.C2H3N/c1-5-17-14(20-10-15(2,3)9-18-20)19-24(21,22)11-6-7-13(23-4)12(16)8-11;1-5-10-8(13-4)12-7-9(2,3)6-11-12;1-12-7-3-2-5(4-6(7)8)13(9,10)11;1-2-3/h6-9H,5,10H2,1-4H3,(H,17,19);6H,5,7H2,1-4H3;2-4H,1H3,(H2,9,10,11);1H3. The number of hydrogen-bond donors (Lipinski definition) is 2. The molecule has 2 aromatic carbocycles. The SMILES string of the molecule is CC#N.CCN=C(NS(=O)(=O)c1ccc(OC)c(Cl)c1)N1CC(C)(C)C=N1.CCN=C(SC)N1CC(C)(C)C=N1.COc1ccc(S(N)(=O)=O)cc1Cl. The number of sulfonamides is 2. The summed E-state index contributed by atoms with van der Waals surface area (Å²) >= 11 is 13.4. The number of methoxy groups -OCH3 is 2. The molecule has 3 N–H and O–H groups in total. The van der Waals surface area contributed by atoms with Crippen LogP contribution >= 0.6 is 35.0 Å². The number of aliphatic imine (C=N–C) groups is 2. The molecule has 0 fully saturated rings. The van der Waals surface area contributed by atoms with Crippen molar-refractivity contribution in [3.05, 3.63) is 46.4 Å². The number of amidine groups is 1. The van der Waals surface area contributed by atoms with Crippen molar-refractivity contribution >= 4 is 78.6 Å². The number of nitrogens with zero attached hydrogens (tertiary/aromatic N) is 7. The minimum absolute atomic E-state index is 0.0274. The van der Waals surface area contributed by atoms with Crippen LogP contribution in [0.15, 0.2) is 66.4 Å². The van der Waals surface area contributed by atoms with Gasteiger partial charge in [0.05, 0.1) is 53.2 Å². The van der Waals surface area contributed by atoms with Crippen LogP contribution < -0.4 is 19.3 Å². The van der Waals surface area contributed by atoms with Crippen LogP contribution in [0, 0.1) is 22.2 Å². The molecule has 2 aliphatic heterocycles. The average Bonchev–Trinajstić information content (AvgIpc) is 3.63. The number of primary sulfonamides is 1. The molecule has 4 rings (SSSR count). The van der Waals surface area contributed by atoms with Crippen LogP contribution in [0.4, 0.5) is 0 Å². The number of hydrogen-bond acceptors (Lipinski definition) is 12. The summed E-state index contributed by atoms with van der Waals surface area (Å²) in [7, 11) is -4.62. The maximum absolute atomic E-state index is 12.6. The fraction of sp³-hybridized carbons (Fsp3) is 0.485. The Morgan fingerprint density at radius 3 is 1.70 bits per heavy atom. The first-order chi connectivity index (χ1) is 24.6. The maximum Gasteiger partial charge on any atom is 0.264 e. The normalized spacial score (nSPS) is 15.9. The van der Waals surface area contributed by atoms with E-state index in [1.165, 1.54) is 57.5 Å². The number of halogens is 2. The van der Waals surface area contributed by atoms with Gasteiger partial charge in [-0.3, -0.25) is 9.98 Å². The molecule has 0 unspecified atom stereocenters. The second-order valence-corrected chi connectivity index (χ2v) is 17.1. The zero-order valence-electron chi connectivity index (χ0n) is 31.6. The number of nitrogens with two attached hydrogens (primary N) is 1. The Morgan fingerprint density at radius 2 is 1.34 bits per heavy atom. The Kier molecular flexibility index (Phi) is 19.1. The van der Waals surface area contributed by atoms with Gasteiger partial charge in [0.15, 0.2) is 5.17 Å². The quantitative estimate of drug-likeness (QED) is 0.249. The molecule has 20 heteroatoms. The maximum atomic E-state index is 12.6. The van der Waals surface area contributed by atoms with Gasteiger partial charge in [0.25, 0.3) is 10.0 Å². The van der Waals surface area contributed by atoms with Crippen LogP contribution in [-0.2, 0) is 20.0 Å². The molecule has 0 spiro atoms. The second kappa shape index (κ2) is 21.3. The van der Waals surface area contributed by atoms with E-state index in [1.54, 1.807) is 29.1 Å². The number of rotatable bonds is 7. The summed E-state index contributed by atoms with van der Waals surface area (Å²) in [6, 6.07) is 10.0. The molecule has 2 heterocycles. The van der Waals surface area contributed by atoms with Gasteiger partial charge in [0.2, 0.25) is 16.0 Å². The first-order valence-electron chi connectivity index (χ1n) is 16.0. The highest BCUT2D eigenvalue weighted by molar-refractivity contribution is 8.13. The predicted molar refractivity (Wildman–Crippen MR) is 216 cm³/mol. The summed E-state index contributed by atoms with van der Waals surface area (Å²) in [5.41, 5.74) is 0.0353. The summed E-state index contributed by atoms with van der Waals surface area (Å²) in [5.74, 6) is 1.00. The zero-order chi connectivity index (χ0) is 40.6. The molecule has 53 heavy (non-hydrogen) atoms. The fourth-order valence-electron chi connectivity index (χ4n) is 4.15. The van der Waals surface area contributed by atoms with Crippen LogP contribution in [0.1, 0.15) is 48.5 Å². The van der Waals surface area contributed by atoms with Gasteiger partial charge in [-0.2, -0.15) is 15.5 Å².